The molecule has 1 saturated heterocycles. The first-order valence-electron chi connectivity index (χ1n) is 7.66. The fourth-order valence-electron chi connectivity index (χ4n) is 3.03. The Balaban J connectivity index is 2.34. The van der Waals surface area contributed by atoms with Gasteiger partial charge in [-0.05, 0) is 42.0 Å². The van der Waals surface area contributed by atoms with Gasteiger partial charge in [0.2, 0.25) is 10.0 Å². The van der Waals surface area contributed by atoms with Crippen LogP contribution in [0.1, 0.15) is 31.9 Å². The molecule has 5 nitrogen and oxygen atoms in total. The Hall–Kier alpha value is -1.40. The normalized spacial score (nSPS) is 22.9. The largest absolute Gasteiger partial charge is 0.481 e. The highest BCUT2D eigenvalue weighted by molar-refractivity contribution is 7.89. The number of hydrogen-bond acceptors (Lipinski definition) is 3. The summed E-state index contributed by atoms with van der Waals surface area (Å²) in [5.74, 6) is -1.73. The molecule has 122 valence electrons. The van der Waals surface area contributed by atoms with E-state index in [9.17, 15) is 13.2 Å². The Morgan fingerprint density at radius 2 is 1.86 bits per heavy atom. The maximum absolute atomic E-state index is 12.7. The van der Waals surface area contributed by atoms with Gasteiger partial charge in [0, 0.05) is 13.1 Å². The van der Waals surface area contributed by atoms with Crippen molar-refractivity contribution >= 4 is 16.0 Å². The third-order valence-electron chi connectivity index (χ3n) is 4.47. The third kappa shape index (κ3) is 3.03. The lowest BCUT2D eigenvalue weighted by atomic mass is 9.99. The number of nitrogens with zero attached hydrogens (tertiary/aromatic N) is 1. The molecule has 2 rings (SSSR count). The minimum Gasteiger partial charge on any atom is -0.481 e. The van der Waals surface area contributed by atoms with Crippen molar-refractivity contribution in [1.82, 2.24) is 4.31 Å². The highest BCUT2D eigenvalue weighted by Crippen LogP contribution is 2.29. The molecule has 1 aliphatic rings. The van der Waals surface area contributed by atoms with E-state index in [1.54, 1.807) is 19.1 Å². The molecule has 2 atom stereocenters. The van der Waals surface area contributed by atoms with Crippen molar-refractivity contribution in [3.05, 3.63) is 29.3 Å². The Kier molecular flexibility index (Phi) is 4.92. The first kappa shape index (κ1) is 17.0. The van der Waals surface area contributed by atoms with E-state index in [-0.39, 0.29) is 23.9 Å². The summed E-state index contributed by atoms with van der Waals surface area (Å²) in [6, 6.07) is 5.22. The second-order valence-corrected chi connectivity index (χ2v) is 7.82. The van der Waals surface area contributed by atoms with Gasteiger partial charge in [0.1, 0.15) is 0 Å². The third-order valence-corrected chi connectivity index (χ3v) is 6.30. The van der Waals surface area contributed by atoms with Crippen LogP contribution in [0, 0.1) is 11.8 Å². The maximum Gasteiger partial charge on any atom is 0.308 e. The van der Waals surface area contributed by atoms with Gasteiger partial charge in [-0.15, -0.1) is 0 Å². The topological polar surface area (TPSA) is 74.7 Å². The zero-order valence-corrected chi connectivity index (χ0v) is 14.1. The molecule has 22 heavy (non-hydrogen) atoms. The van der Waals surface area contributed by atoms with E-state index in [0.717, 1.165) is 24.0 Å². The molecule has 1 fully saturated rings. The molecule has 1 aromatic carbocycles. The number of carbonyl (C=O) groups is 1. The second-order valence-electron chi connectivity index (χ2n) is 5.88. The molecule has 1 heterocycles. The lowest BCUT2D eigenvalue weighted by molar-refractivity contribution is -0.142. The highest BCUT2D eigenvalue weighted by Gasteiger charge is 2.40. The molecule has 0 unspecified atom stereocenters. The van der Waals surface area contributed by atoms with Crippen molar-refractivity contribution in [2.45, 2.75) is 38.5 Å². The molecule has 0 bridgehead atoms. The highest BCUT2D eigenvalue weighted by atomic mass is 32.2. The fourth-order valence-corrected chi connectivity index (χ4v) is 4.64. The van der Waals surface area contributed by atoms with Gasteiger partial charge in [0.25, 0.3) is 0 Å². The number of sulfonamides is 1. The maximum atomic E-state index is 12.7. The van der Waals surface area contributed by atoms with Gasteiger partial charge < -0.3 is 5.11 Å². The molecule has 1 aliphatic heterocycles. The Labute approximate surface area is 132 Å². The summed E-state index contributed by atoms with van der Waals surface area (Å²) in [6.07, 6.45) is 1.64. The molecular weight excluding hydrogens is 302 g/mol. The van der Waals surface area contributed by atoms with Crippen molar-refractivity contribution in [2.24, 2.45) is 11.8 Å². The second kappa shape index (κ2) is 6.38. The van der Waals surface area contributed by atoms with Crippen LogP contribution >= 0.6 is 0 Å². The number of carboxylic acid groups (broad SMARTS) is 1. The van der Waals surface area contributed by atoms with Crippen LogP contribution < -0.4 is 0 Å². The van der Waals surface area contributed by atoms with Gasteiger partial charge in [0.15, 0.2) is 0 Å². The fraction of sp³-hybridized carbons (Fsp3) is 0.562. The van der Waals surface area contributed by atoms with Gasteiger partial charge in [0.05, 0.1) is 10.8 Å². The number of benzene rings is 1. The summed E-state index contributed by atoms with van der Waals surface area (Å²) in [5, 5.41) is 9.17. The summed E-state index contributed by atoms with van der Waals surface area (Å²) in [7, 11) is -3.63. The van der Waals surface area contributed by atoms with Crippen molar-refractivity contribution < 1.29 is 18.3 Å². The summed E-state index contributed by atoms with van der Waals surface area (Å²) >= 11 is 0. The van der Waals surface area contributed by atoms with E-state index in [4.69, 9.17) is 5.11 Å². The molecule has 0 radical (unpaired) electrons. The van der Waals surface area contributed by atoms with Crippen LogP contribution in [0.25, 0.3) is 0 Å². The minimum atomic E-state index is -3.63. The predicted octanol–water partition coefficient (Wildman–Crippen LogP) is 2.15. The van der Waals surface area contributed by atoms with Crippen molar-refractivity contribution in [3.63, 3.8) is 0 Å². The van der Waals surface area contributed by atoms with E-state index in [1.165, 1.54) is 4.31 Å². The van der Waals surface area contributed by atoms with Crippen LogP contribution in [0.5, 0.6) is 0 Å². The molecule has 1 aromatic rings. The molecule has 1 N–H and O–H groups in total. The van der Waals surface area contributed by atoms with E-state index in [2.05, 4.69) is 0 Å². The number of hydrogen-bond donors (Lipinski definition) is 1. The Bertz CT molecular complexity index is 669. The molecule has 0 amide bonds. The quantitative estimate of drug-likeness (QED) is 0.900. The van der Waals surface area contributed by atoms with E-state index in [0.29, 0.717) is 0 Å². The van der Waals surface area contributed by atoms with E-state index < -0.39 is 21.9 Å². The summed E-state index contributed by atoms with van der Waals surface area (Å²) < 4.78 is 26.8. The summed E-state index contributed by atoms with van der Waals surface area (Å²) in [5.41, 5.74) is 2.19. The van der Waals surface area contributed by atoms with Crippen LogP contribution in [-0.4, -0.2) is 36.9 Å². The van der Waals surface area contributed by atoms with Crippen LogP contribution in [0.4, 0.5) is 0 Å². The Morgan fingerprint density at radius 3 is 2.36 bits per heavy atom. The minimum absolute atomic E-state index is 0.0514. The van der Waals surface area contributed by atoms with Crippen molar-refractivity contribution in [3.8, 4) is 0 Å². The standard InChI is InChI=1S/C16H23NO4S/c1-4-12-6-7-14(8-13(12)5-2)22(20,21)17-9-11(3)15(10-17)16(18)19/h6-8,11,15H,4-5,9-10H2,1-3H3,(H,18,19)/t11-,15-/m1/s1. The predicted molar refractivity (Wildman–Crippen MR) is 84.2 cm³/mol. The van der Waals surface area contributed by atoms with Gasteiger partial charge in [-0.2, -0.15) is 4.31 Å². The van der Waals surface area contributed by atoms with Gasteiger partial charge >= 0.3 is 5.97 Å². The monoisotopic (exact) mass is 325 g/mol. The summed E-state index contributed by atoms with van der Waals surface area (Å²) in [6.45, 7) is 6.14. The average molecular weight is 325 g/mol. The van der Waals surface area contributed by atoms with Crippen LogP contribution in [-0.2, 0) is 27.7 Å². The van der Waals surface area contributed by atoms with Crippen molar-refractivity contribution in [1.29, 1.82) is 0 Å². The zero-order chi connectivity index (χ0) is 16.5. The van der Waals surface area contributed by atoms with Crippen LogP contribution in [0.15, 0.2) is 23.1 Å². The van der Waals surface area contributed by atoms with Gasteiger partial charge in [-0.1, -0.05) is 26.8 Å². The first-order chi connectivity index (χ1) is 10.3. The van der Waals surface area contributed by atoms with E-state index >= 15 is 0 Å². The number of aryl methyl sites for hydroxylation is 2. The van der Waals surface area contributed by atoms with Crippen molar-refractivity contribution in [2.75, 3.05) is 13.1 Å². The van der Waals surface area contributed by atoms with Gasteiger partial charge in [-0.3, -0.25) is 4.79 Å². The molecule has 6 heteroatoms. The van der Waals surface area contributed by atoms with Crippen LogP contribution in [0.3, 0.4) is 0 Å². The number of rotatable bonds is 5. The molecule has 0 aliphatic carbocycles. The van der Waals surface area contributed by atoms with Crippen LogP contribution in [0.2, 0.25) is 0 Å². The van der Waals surface area contributed by atoms with Gasteiger partial charge in [-0.25, -0.2) is 8.42 Å². The first-order valence-corrected chi connectivity index (χ1v) is 9.10. The zero-order valence-electron chi connectivity index (χ0n) is 13.2. The Morgan fingerprint density at radius 1 is 1.23 bits per heavy atom. The molecular formula is C16H23NO4S. The molecule has 0 spiro atoms. The van der Waals surface area contributed by atoms with E-state index in [1.807, 2.05) is 19.9 Å². The number of aliphatic carboxylic acids is 1. The number of carboxylic acids is 1. The summed E-state index contributed by atoms with van der Waals surface area (Å²) in [4.78, 5) is 11.4. The molecule has 0 saturated carbocycles. The SMILES string of the molecule is CCc1ccc(S(=O)(=O)N2C[C@@H](C)[C@H](C(=O)O)C2)cc1CC. The average Bonchev–Trinajstić information content (AvgIpc) is 2.89. The molecule has 0 aromatic heterocycles. The smallest absolute Gasteiger partial charge is 0.308 e. The lowest BCUT2D eigenvalue weighted by Crippen LogP contribution is -2.30. The lowest BCUT2D eigenvalue weighted by Gasteiger charge is -2.17.